The molecular weight excluding hydrogens is 383 g/mol. The highest BCUT2D eigenvalue weighted by molar-refractivity contribution is 6.35. The van der Waals surface area contributed by atoms with Crippen LogP contribution in [0.1, 0.15) is 25.0 Å². The number of nitrogens with zero attached hydrogens (tertiary/aromatic N) is 1. The van der Waals surface area contributed by atoms with Crippen LogP contribution in [0.25, 0.3) is 0 Å². The fourth-order valence-electron chi connectivity index (χ4n) is 3.64. The Morgan fingerprint density at radius 1 is 1.15 bits per heavy atom. The van der Waals surface area contributed by atoms with E-state index in [0.717, 1.165) is 16.8 Å². The van der Waals surface area contributed by atoms with Crippen molar-refractivity contribution in [2.45, 2.75) is 27.7 Å². The zero-order chi connectivity index (χ0) is 19.9. The topological polar surface area (TPSA) is 49.4 Å². The van der Waals surface area contributed by atoms with E-state index in [1.54, 1.807) is 30.0 Å². The van der Waals surface area contributed by atoms with Crippen LogP contribution in [0.3, 0.4) is 0 Å². The lowest BCUT2D eigenvalue weighted by atomic mass is 9.80. The van der Waals surface area contributed by atoms with Gasteiger partial charge in [0.15, 0.2) is 0 Å². The average molecular weight is 405 g/mol. The monoisotopic (exact) mass is 404 g/mol. The molecule has 0 radical (unpaired) electrons. The maximum absolute atomic E-state index is 13.1. The Kier molecular flexibility index (Phi) is 5.24. The summed E-state index contributed by atoms with van der Waals surface area (Å²) in [4.78, 5) is 27.8. The first kappa shape index (κ1) is 19.7. The Labute approximate surface area is 169 Å². The number of carbonyl (C=O) groups excluding carboxylic acids is 2. The summed E-state index contributed by atoms with van der Waals surface area (Å²) >= 11 is 12.0. The quantitative estimate of drug-likeness (QED) is 0.760. The number of aryl methyl sites for hydroxylation is 2. The van der Waals surface area contributed by atoms with Gasteiger partial charge in [-0.1, -0.05) is 48.3 Å². The summed E-state index contributed by atoms with van der Waals surface area (Å²) in [5, 5.41) is 3.75. The lowest BCUT2D eigenvalue weighted by Gasteiger charge is -2.26. The highest BCUT2D eigenvalue weighted by Gasteiger charge is 2.52. The summed E-state index contributed by atoms with van der Waals surface area (Å²) in [5.41, 5.74) is 2.56. The molecule has 0 spiro atoms. The highest BCUT2D eigenvalue weighted by Crippen LogP contribution is 2.42. The number of anilines is 2. The van der Waals surface area contributed by atoms with E-state index < -0.39 is 11.3 Å². The molecule has 2 aromatic carbocycles. The first-order valence-electron chi connectivity index (χ1n) is 8.78. The van der Waals surface area contributed by atoms with Crippen LogP contribution in [0, 0.1) is 25.2 Å². The van der Waals surface area contributed by atoms with Gasteiger partial charge in [0.2, 0.25) is 11.8 Å². The average Bonchev–Trinajstić information content (AvgIpc) is 2.79. The Morgan fingerprint density at radius 3 is 2.26 bits per heavy atom. The number of amides is 2. The molecule has 0 aliphatic carbocycles. The smallest absolute Gasteiger partial charge is 0.232 e. The van der Waals surface area contributed by atoms with Crippen LogP contribution in [0.15, 0.2) is 36.4 Å². The van der Waals surface area contributed by atoms with E-state index in [-0.39, 0.29) is 11.8 Å². The minimum atomic E-state index is -0.874. The number of rotatable bonds is 3. The lowest BCUT2D eigenvalue weighted by molar-refractivity contribution is -0.130. The molecule has 3 rings (SSSR count). The van der Waals surface area contributed by atoms with Gasteiger partial charge in [0, 0.05) is 28.0 Å². The highest BCUT2D eigenvalue weighted by atomic mass is 35.5. The molecule has 1 N–H and O–H groups in total. The second kappa shape index (κ2) is 7.17. The second-order valence-corrected chi connectivity index (χ2v) is 8.29. The van der Waals surface area contributed by atoms with Crippen LogP contribution in [0.2, 0.25) is 10.0 Å². The van der Waals surface area contributed by atoms with E-state index in [4.69, 9.17) is 23.2 Å². The first-order valence-corrected chi connectivity index (χ1v) is 9.54. The van der Waals surface area contributed by atoms with Crippen molar-refractivity contribution in [3.63, 3.8) is 0 Å². The first-order chi connectivity index (χ1) is 12.6. The molecule has 2 atom stereocenters. The van der Waals surface area contributed by atoms with Gasteiger partial charge in [0.25, 0.3) is 0 Å². The van der Waals surface area contributed by atoms with Crippen molar-refractivity contribution in [1.82, 2.24) is 0 Å². The lowest BCUT2D eigenvalue weighted by Crippen LogP contribution is -2.39. The second-order valence-electron chi connectivity index (χ2n) is 7.42. The maximum Gasteiger partial charge on any atom is 0.232 e. The minimum Gasteiger partial charge on any atom is -0.325 e. The summed E-state index contributed by atoms with van der Waals surface area (Å²) in [6.07, 6.45) is 0. The van der Waals surface area contributed by atoms with Crippen LogP contribution in [0.5, 0.6) is 0 Å². The van der Waals surface area contributed by atoms with Gasteiger partial charge in [-0.25, -0.2) is 0 Å². The molecule has 1 aliphatic heterocycles. The van der Waals surface area contributed by atoms with Crippen LogP contribution >= 0.6 is 23.2 Å². The number of carbonyl (C=O) groups is 2. The molecule has 2 aromatic rings. The van der Waals surface area contributed by atoms with Crippen LogP contribution in [-0.2, 0) is 9.59 Å². The molecule has 4 nitrogen and oxygen atoms in total. The fourth-order valence-corrected chi connectivity index (χ4v) is 4.16. The van der Waals surface area contributed by atoms with Crippen LogP contribution < -0.4 is 10.2 Å². The van der Waals surface area contributed by atoms with Gasteiger partial charge >= 0.3 is 0 Å². The van der Waals surface area contributed by atoms with Gasteiger partial charge in [-0.3, -0.25) is 9.59 Å². The Bertz CT molecular complexity index is 888. The molecule has 1 fully saturated rings. The summed E-state index contributed by atoms with van der Waals surface area (Å²) in [6.45, 7) is 7.90. The van der Waals surface area contributed by atoms with Crippen molar-refractivity contribution in [1.29, 1.82) is 0 Å². The van der Waals surface area contributed by atoms with E-state index >= 15 is 0 Å². The van der Waals surface area contributed by atoms with Gasteiger partial charge in [-0.15, -0.1) is 0 Å². The van der Waals surface area contributed by atoms with Crippen molar-refractivity contribution in [2.24, 2.45) is 11.3 Å². The summed E-state index contributed by atoms with van der Waals surface area (Å²) in [7, 11) is 0. The predicted octanol–water partition coefficient (Wildman–Crippen LogP) is 5.24. The van der Waals surface area contributed by atoms with E-state index in [2.05, 4.69) is 5.32 Å². The van der Waals surface area contributed by atoms with Gasteiger partial charge in [0.1, 0.15) is 0 Å². The van der Waals surface area contributed by atoms with E-state index in [1.807, 2.05) is 39.0 Å². The van der Waals surface area contributed by atoms with E-state index in [0.29, 0.717) is 22.3 Å². The maximum atomic E-state index is 13.1. The third-order valence-corrected chi connectivity index (χ3v) is 5.86. The molecule has 27 heavy (non-hydrogen) atoms. The SMILES string of the molecule is Cc1cccc(C)c1N1C[C@@](C)(C(=O)Nc2cc(Cl)cc(Cl)c2)[C@H](C)C1=O. The number of nitrogens with one attached hydrogen (secondary N) is 1. The molecule has 6 heteroatoms. The number of benzene rings is 2. The van der Waals surface area contributed by atoms with Gasteiger partial charge < -0.3 is 10.2 Å². The largest absolute Gasteiger partial charge is 0.325 e. The summed E-state index contributed by atoms with van der Waals surface area (Å²) < 4.78 is 0. The Morgan fingerprint density at radius 2 is 1.70 bits per heavy atom. The van der Waals surface area contributed by atoms with E-state index in [1.165, 1.54) is 0 Å². The molecule has 0 bridgehead atoms. The zero-order valence-electron chi connectivity index (χ0n) is 15.8. The molecule has 0 unspecified atom stereocenters. The number of halogens is 2. The molecule has 2 amide bonds. The molecule has 1 aliphatic rings. The zero-order valence-corrected chi connectivity index (χ0v) is 17.3. The predicted molar refractivity (Wildman–Crippen MR) is 111 cm³/mol. The van der Waals surface area contributed by atoms with E-state index in [9.17, 15) is 9.59 Å². The van der Waals surface area contributed by atoms with Crippen LogP contribution in [0.4, 0.5) is 11.4 Å². The Balaban J connectivity index is 1.91. The van der Waals surface area contributed by atoms with Crippen LogP contribution in [-0.4, -0.2) is 18.4 Å². The van der Waals surface area contributed by atoms with Crippen molar-refractivity contribution in [3.8, 4) is 0 Å². The van der Waals surface area contributed by atoms with Crippen molar-refractivity contribution >= 4 is 46.4 Å². The third kappa shape index (κ3) is 3.56. The summed E-state index contributed by atoms with van der Waals surface area (Å²) in [6, 6.07) is 10.8. The molecule has 1 saturated heterocycles. The molecule has 0 aromatic heterocycles. The third-order valence-electron chi connectivity index (χ3n) is 5.43. The molecule has 142 valence electrons. The van der Waals surface area contributed by atoms with Crippen molar-refractivity contribution in [2.75, 3.05) is 16.8 Å². The number of hydrogen-bond donors (Lipinski definition) is 1. The number of para-hydroxylation sites is 1. The molecule has 1 heterocycles. The van der Waals surface area contributed by atoms with Gasteiger partial charge in [-0.05, 0) is 50.1 Å². The fraction of sp³-hybridized carbons (Fsp3) is 0.333. The van der Waals surface area contributed by atoms with Gasteiger partial charge in [-0.2, -0.15) is 0 Å². The molecular formula is C21H22Cl2N2O2. The van der Waals surface area contributed by atoms with Crippen molar-refractivity contribution < 1.29 is 9.59 Å². The number of hydrogen-bond acceptors (Lipinski definition) is 2. The van der Waals surface area contributed by atoms with Gasteiger partial charge in [0.05, 0.1) is 11.3 Å². The summed E-state index contributed by atoms with van der Waals surface area (Å²) in [5.74, 6) is -0.726. The normalized spacial score (nSPS) is 22.2. The molecule has 0 saturated carbocycles. The minimum absolute atomic E-state index is 0.0471. The van der Waals surface area contributed by atoms with Crippen molar-refractivity contribution in [3.05, 3.63) is 57.6 Å². The standard InChI is InChI=1S/C21H22Cl2N2O2/c1-12-6-5-7-13(2)18(12)25-11-21(4,14(3)19(25)26)20(27)24-17-9-15(22)8-16(23)10-17/h5-10,14H,11H2,1-4H3,(H,24,27)/t14-,21-/m1/s1. The Hall–Kier alpha value is -2.04.